The molecule has 0 saturated heterocycles. The lowest BCUT2D eigenvalue weighted by molar-refractivity contribution is 0.590. The van der Waals surface area contributed by atoms with Crippen molar-refractivity contribution < 1.29 is 0 Å². The van der Waals surface area contributed by atoms with Crippen molar-refractivity contribution in [3.63, 3.8) is 0 Å². The summed E-state index contributed by atoms with van der Waals surface area (Å²) in [5, 5.41) is 2.98. The van der Waals surface area contributed by atoms with Gasteiger partial charge in [-0.15, -0.1) is 17.0 Å². The molecule has 0 unspecified atom stereocenters. The molecule has 0 atom stereocenters. The third kappa shape index (κ3) is 5.61. The molecule has 0 spiro atoms. The fourth-order valence-corrected chi connectivity index (χ4v) is 3.40. The molecular formula is C19H27BrN4S. The highest BCUT2D eigenvalue weighted by atomic mass is 79.9. The van der Waals surface area contributed by atoms with Crippen LogP contribution in [0.3, 0.4) is 0 Å². The number of benzene rings is 1. The lowest BCUT2D eigenvalue weighted by Crippen LogP contribution is -2.37. The first-order chi connectivity index (χ1) is 11.5. The number of amidine groups is 2. The first-order valence-electron chi connectivity index (χ1n) is 8.64. The van der Waals surface area contributed by atoms with E-state index in [1.807, 2.05) is 0 Å². The molecular weight excluding hydrogens is 396 g/mol. The summed E-state index contributed by atoms with van der Waals surface area (Å²) < 4.78 is 0. The maximum Gasteiger partial charge on any atom is 0.186 e. The SMILES string of the molecule is Br.CC(C)(C)c1ccc(C2=CSC(=NC3=NCCCCC3)NN2)cc1. The van der Waals surface area contributed by atoms with Crippen LogP contribution >= 0.6 is 28.7 Å². The number of hydrogen-bond acceptors (Lipinski definition) is 4. The van der Waals surface area contributed by atoms with Crippen molar-refractivity contribution in [2.75, 3.05) is 6.54 Å². The molecule has 2 N–H and O–H groups in total. The zero-order valence-corrected chi connectivity index (χ0v) is 17.7. The predicted molar refractivity (Wildman–Crippen MR) is 116 cm³/mol. The van der Waals surface area contributed by atoms with Gasteiger partial charge in [-0.3, -0.25) is 15.8 Å². The van der Waals surface area contributed by atoms with Gasteiger partial charge in [-0.1, -0.05) is 63.2 Å². The molecule has 2 aliphatic rings. The van der Waals surface area contributed by atoms with E-state index in [0.29, 0.717) is 0 Å². The minimum atomic E-state index is 0. The van der Waals surface area contributed by atoms with Crippen LogP contribution in [0.25, 0.3) is 5.70 Å². The van der Waals surface area contributed by atoms with E-state index in [4.69, 9.17) is 0 Å². The highest BCUT2D eigenvalue weighted by Crippen LogP contribution is 2.25. The Hall–Kier alpha value is -1.27. The molecule has 0 saturated carbocycles. The molecule has 0 fully saturated rings. The smallest absolute Gasteiger partial charge is 0.186 e. The van der Waals surface area contributed by atoms with E-state index < -0.39 is 0 Å². The Kier molecular flexibility index (Phi) is 7.14. The summed E-state index contributed by atoms with van der Waals surface area (Å²) in [5.74, 6) is 0.968. The highest BCUT2D eigenvalue weighted by Gasteiger charge is 2.15. The Morgan fingerprint density at radius 1 is 1.04 bits per heavy atom. The van der Waals surface area contributed by atoms with E-state index in [0.717, 1.165) is 29.7 Å². The van der Waals surface area contributed by atoms with Crippen molar-refractivity contribution in [1.29, 1.82) is 0 Å². The standard InChI is InChI=1S/C19H26N4S.BrH/c1-19(2,3)15-10-8-14(9-11-15)16-13-24-18(23-22-16)21-17-7-5-4-6-12-20-17;/h8-11,13,22H,4-7,12H2,1-3H3,(H,20,21,23);1H. The Morgan fingerprint density at radius 2 is 1.80 bits per heavy atom. The lowest BCUT2D eigenvalue weighted by atomic mass is 9.86. The van der Waals surface area contributed by atoms with Crippen LogP contribution in [0.1, 0.15) is 57.6 Å². The second-order valence-corrected chi connectivity index (χ2v) is 8.11. The van der Waals surface area contributed by atoms with Gasteiger partial charge in [0.05, 0.1) is 5.70 Å². The fraction of sp³-hybridized carbons (Fsp3) is 0.474. The molecule has 2 aliphatic heterocycles. The largest absolute Gasteiger partial charge is 0.298 e. The van der Waals surface area contributed by atoms with Gasteiger partial charge in [-0.2, -0.15) is 0 Å². The minimum absolute atomic E-state index is 0. The van der Waals surface area contributed by atoms with Crippen molar-refractivity contribution in [3.05, 3.63) is 40.8 Å². The van der Waals surface area contributed by atoms with E-state index >= 15 is 0 Å². The van der Waals surface area contributed by atoms with Gasteiger partial charge in [0.2, 0.25) is 0 Å². The minimum Gasteiger partial charge on any atom is -0.298 e. The Bertz CT molecular complexity index is 672. The summed E-state index contributed by atoms with van der Waals surface area (Å²) in [6.45, 7) is 7.61. The third-order valence-electron chi connectivity index (χ3n) is 4.24. The maximum absolute atomic E-state index is 4.64. The molecule has 0 aromatic heterocycles. The fourth-order valence-electron chi connectivity index (χ4n) is 2.71. The third-order valence-corrected chi connectivity index (χ3v) is 5.01. The number of thioether (sulfide) groups is 1. The molecule has 0 aliphatic carbocycles. The molecule has 1 aromatic rings. The number of nitrogens with zero attached hydrogens (tertiary/aromatic N) is 2. The van der Waals surface area contributed by atoms with Gasteiger partial charge in [-0.25, -0.2) is 4.99 Å². The number of halogens is 1. The van der Waals surface area contributed by atoms with E-state index in [9.17, 15) is 0 Å². The number of hydrazine groups is 1. The summed E-state index contributed by atoms with van der Waals surface area (Å²) in [6, 6.07) is 8.73. The van der Waals surface area contributed by atoms with Crippen molar-refractivity contribution >= 4 is 45.4 Å². The number of rotatable bonds is 1. The van der Waals surface area contributed by atoms with E-state index in [1.54, 1.807) is 11.8 Å². The van der Waals surface area contributed by atoms with Gasteiger partial charge in [0.15, 0.2) is 5.17 Å². The van der Waals surface area contributed by atoms with Crippen LogP contribution in [-0.4, -0.2) is 17.5 Å². The summed E-state index contributed by atoms with van der Waals surface area (Å²) in [6.07, 6.45) is 4.61. The molecule has 0 amide bonds. The van der Waals surface area contributed by atoms with Crippen LogP contribution in [0.2, 0.25) is 0 Å². The van der Waals surface area contributed by atoms with Crippen molar-refractivity contribution in [2.24, 2.45) is 9.98 Å². The average Bonchev–Trinajstić information content (AvgIpc) is 2.84. The molecule has 25 heavy (non-hydrogen) atoms. The van der Waals surface area contributed by atoms with Gasteiger partial charge in [0.25, 0.3) is 0 Å². The summed E-state index contributed by atoms with van der Waals surface area (Å²) in [7, 11) is 0. The normalized spacial score (nSPS) is 19.7. The number of aliphatic imine (C=N–C) groups is 2. The molecule has 6 heteroatoms. The van der Waals surface area contributed by atoms with E-state index in [-0.39, 0.29) is 22.4 Å². The predicted octanol–water partition coefficient (Wildman–Crippen LogP) is 5.03. The van der Waals surface area contributed by atoms with Crippen LogP contribution in [0.5, 0.6) is 0 Å². The zero-order chi connectivity index (χ0) is 17.0. The topological polar surface area (TPSA) is 48.8 Å². The average molecular weight is 423 g/mol. The van der Waals surface area contributed by atoms with Gasteiger partial charge in [0.1, 0.15) is 5.84 Å². The van der Waals surface area contributed by atoms with Gasteiger partial charge >= 0.3 is 0 Å². The summed E-state index contributed by atoms with van der Waals surface area (Å²) in [5.41, 5.74) is 10.2. The molecule has 3 rings (SSSR count). The second-order valence-electron chi connectivity index (χ2n) is 7.25. The highest BCUT2D eigenvalue weighted by molar-refractivity contribution is 8.93. The summed E-state index contributed by atoms with van der Waals surface area (Å²) >= 11 is 1.61. The van der Waals surface area contributed by atoms with Crippen molar-refractivity contribution in [1.82, 2.24) is 10.9 Å². The van der Waals surface area contributed by atoms with Crippen LogP contribution < -0.4 is 10.9 Å². The van der Waals surface area contributed by atoms with E-state index in [2.05, 4.69) is 71.3 Å². The monoisotopic (exact) mass is 422 g/mol. The van der Waals surface area contributed by atoms with Crippen molar-refractivity contribution in [2.45, 2.75) is 51.9 Å². The quantitative estimate of drug-likeness (QED) is 0.666. The Balaban J connectivity index is 0.00000225. The van der Waals surface area contributed by atoms with Crippen LogP contribution in [0.15, 0.2) is 39.7 Å². The molecule has 4 nitrogen and oxygen atoms in total. The van der Waals surface area contributed by atoms with Crippen molar-refractivity contribution in [3.8, 4) is 0 Å². The van der Waals surface area contributed by atoms with Gasteiger partial charge in [-0.05, 0) is 29.4 Å². The second kappa shape index (κ2) is 8.90. The molecule has 0 radical (unpaired) electrons. The molecule has 0 bridgehead atoms. The number of hydrogen-bond donors (Lipinski definition) is 2. The van der Waals surface area contributed by atoms with Crippen LogP contribution in [0.4, 0.5) is 0 Å². The molecule has 2 heterocycles. The molecule has 1 aromatic carbocycles. The maximum atomic E-state index is 4.64. The van der Waals surface area contributed by atoms with Crippen LogP contribution in [-0.2, 0) is 5.41 Å². The van der Waals surface area contributed by atoms with Gasteiger partial charge in [0, 0.05) is 18.4 Å². The first-order valence-corrected chi connectivity index (χ1v) is 9.52. The Morgan fingerprint density at radius 3 is 2.44 bits per heavy atom. The van der Waals surface area contributed by atoms with E-state index in [1.165, 1.54) is 30.4 Å². The molecule has 136 valence electrons. The number of nitrogens with one attached hydrogen (secondary N) is 2. The zero-order valence-electron chi connectivity index (χ0n) is 15.1. The lowest BCUT2D eigenvalue weighted by Gasteiger charge is -2.21. The van der Waals surface area contributed by atoms with Crippen LogP contribution in [0, 0.1) is 0 Å². The Labute approximate surface area is 165 Å². The first kappa shape index (κ1) is 20.0. The summed E-state index contributed by atoms with van der Waals surface area (Å²) in [4.78, 5) is 9.20. The van der Waals surface area contributed by atoms with Gasteiger partial charge < -0.3 is 0 Å².